The minimum Gasteiger partial charge on any atom is -0.360 e. The molecule has 1 aliphatic heterocycles. The van der Waals surface area contributed by atoms with Crippen LogP contribution in [0.2, 0.25) is 0 Å². The molecule has 7 heteroatoms. The van der Waals surface area contributed by atoms with Crippen molar-refractivity contribution in [1.29, 1.82) is 0 Å². The Morgan fingerprint density at radius 2 is 1.96 bits per heavy atom. The van der Waals surface area contributed by atoms with Gasteiger partial charge in [-0.2, -0.15) is 0 Å². The van der Waals surface area contributed by atoms with Crippen molar-refractivity contribution in [3.63, 3.8) is 0 Å². The van der Waals surface area contributed by atoms with E-state index < -0.39 is 0 Å². The maximum atomic E-state index is 5.31. The molecule has 0 amide bonds. The largest absolute Gasteiger partial charge is 0.360 e. The Morgan fingerprint density at radius 3 is 2.70 bits per heavy atom. The van der Waals surface area contributed by atoms with E-state index in [1.807, 2.05) is 13.0 Å². The third-order valence-electron chi connectivity index (χ3n) is 4.16. The standard InChI is InChI=1S/C16H19N5OS/c1-11-7-13(22-19-11)9-20-3-5-21(6-4-20)15-14-8-12(2)23-16(14)18-10-17-15/h7-8,10H,3-6,9H2,1-2H3. The van der Waals surface area contributed by atoms with Crippen molar-refractivity contribution >= 4 is 27.4 Å². The highest BCUT2D eigenvalue weighted by molar-refractivity contribution is 7.18. The molecule has 0 atom stereocenters. The van der Waals surface area contributed by atoms with Gasteiger partial charge in [-0.3, -0.25) is 4.90 Å². The highest BCUT2D eigenvalue weighted by Crippen LogP contribution is 2.30. The van der Waals surface area contributed by atoms with Gasteiger partial charge in [-0.15, -0.1) is 11.3 Å². The van der Waals surface area contributed by atoms with E-state index in [2.05, 4.69) is 37.9 Å². The van der Waals surface area contributed by atoms with Gasteiger partial charge in [-0.25, -0.2) is 9.97 Å². The molecule has 1 aliphatic rings. The van der Waals surface area contributed by atoms with Gasteiger partial charge in [0.25, 0.3) is 0 Å². The Labute approximate surface area is 138 Å². The quantitative estimate of drug-likeness (QED) is 0.736. The molecule has 1 fully saturated rings. The first kappa shape index (κ1) is 14.6. The zero-order chi connectivity index (χ0) is 15.8. The number of hydrogen-bond acceptors (Lipinski definition) is 7. The lowest BCUT2D eigenvalue weighted by Crippen LogP contribution is -2.46. The van der Waals surface area contributed by atoms with Crippen molar-refractivity contribution < 1.29 is 4.52 Å². The van der Waals surface area contributed by atoms with Gasteiger partial charge in [0.2, 0.25) is 0 Å². The first-order chi connectivity index (χ1) is 11.2. The van der Waals surface area contributed by atoms with E-state index in [0.29, 0.717) is 0 Å². The topological polar surface area (TPSA) is 58.3 Å². The molecule has 6 nitrogen and oxygen atoms in total. The Balaban J connectivity index is 1.46. The minimum atomic E-state index is 0.825. The van der Waals surface area contributed by atoms with Crippen LogP contribution in [0.1, 0.15) is 16.3 Å². The van der Waals surface area contributed by atoms with Crippen LogP contribution >= 0.6 is 11.3 Å². The van der Waals surface area contributed by atoms with Crippen LogP contribution in [0.3, 0.4) is 0 Å². The fraction of sp³-hybridized carbons (Fsp3) is 0.438. The predicted molar refractivity (Wildman–Crippen MR) is 90.9 cm³/mol. The van der Waals surface area contributed by atoms with Gasteiger partial charge in [0.1, 0.15) is 17.0 Å². The predicted octanol–water partition coefficient (Wildman–Crippen LogP) is 2.62. The Hall–Kier alpha value is -1.99. The monoisotopic (exact) mass is 329 g/mol. The number of piperazine rings is 1. The van der Waals surface area contributed by atoms with Crippen molar-refractivity contribution in [2.45, 2.75) is 20.4 Å². The van der Waals surface area contributed by atoms with Crippen LogP contribution in [0.4, 0.5) is 5.82 Å². The van der Waals surface area contributed by atoms with Crippen LogP contribution in [0.5, 0.6) is 0 Å². The minimum absolute atomic E-state index is 0.825. The Kier molecular flexibility index (Phi) is 3.74. The van der Waals surface area contributed by atoms with E-state index in [-0.39, 0.29) is 0 Å². The van der Waals surface area contributed by atoms with Crippen molar-refractivity contribution in [3.8, 4) is 0 Å². The van der Waals surface area contributed by atoms with E-state index in [0.717, 1.165) is 54.8 Å². The molecule has 1 saturated heterocycles. The fourth-order valence-electron chi connectivity index (χ4n) is 3.04. The van der Waals surface area contributed by atoms with Gasteiger partial charge in [-0.1, -0.05) is 5.16 Å². The van der Waals surface area contributed by atoms with Gasteiger partial charge < -0.3 is 9.42 Å². The molecule has 0 radical (unpaired) electrons. The zero-order valence-corrected chi connectivity index (χ0v) is 14.1. The number of anilines is 1. The molecule has 23 heavy (non-hydrogen) atoms. The normalized spacial score (nSPS) is 16.3. The molecule has 0 spiro atoms. The average Bonchev–Trinajstić information content (AvgIpc) is 3.12. The van der Waals surface area contributed by atoms with Crippen molar-refractivity contribution in [3.05, 3.63) is 34.8 Å². The van der Waals surface area contributed by atoms with Crippen molar-refractivity contribution in [2.75, 3.05) is 31.1 Å². The molecular weight excluding hydrogens is 310 g/mol. The maximum absolute atomic E-state index is 5.31. The Morgan fingerprint density at radius 1 is 1.13 bits per heavy atom. The molecule has 0 N–H and O–H groups in total. The highest BCUT2D eigenvalue weighted by atomic mass is 32.1. The summed E-state index contributed by atoms with van der Waals surface area (Å²) in [5, 5.41) is 5.13. The number of aryl methyl sites for hydroxylation is 2. The summed E-state index contributed by atoms with van der Waals surface area (Å²) in [5.74, 6) is 2.00. The van der Waals surface area contributed by atoms with Gasteiger partial charge in [-0.05, 0) is 19.9 Å². The lowest BCUT2D eigenvalue weighted by Gasteiger charge is -2.35. The third-order valence-corrected chi connectivity index (χ3v) is 5.12. The highest BCUT2D eigenvalue weighted by Gasteiger charge is 2.21. The summed E-state index contributed by atoms with van der Waals surface area (Å²) in [5.41, 5.74) is 0.940. The lowest BCUT2D eigenvalue weighted by atomic mass is 10.2. The maximum Gasteiger partial charge on any atom is 0.150 e. The second kappa shape index (κ2) is 5.90. The van der Waals surface area contributed by atoms with Crippen LogP contribution in [0.25, 0.3) is 10.2 Å². The van der Waals surface area contributed by atoms with Gasteiger partial charge in [0.15, 0.2) is 5.76 Å². The molecule has 0 saturated carbocycles. The Bertz CT molecular complexity index is 819. The summed E-state index contributed by atoms with van der Waals surface area (Å²) in [4.78, 5) is 16.0. The van der Waals surface area contributed by atoms with E-state index in [4.69, 9.17) is 4.52 Å². The number of thiophene rings is 1. The molecule has 4 rings (SSSR count). The summed E-state index contributed by atoms with van der Waals surface area (Å²) in [6, 6.07) is 4.20. The van der Waals surface area contributed by atoms with Crippen molar-refractivity contribution in [1.82, 2.24) is 20.0 Å². The van der Waals surface area contributed by atoms with Crippen molar-refractivity contribution in [2.24, 2.45) is 0 Å². The van der Waals surface area contributed by atoms with Crippen LogP contribution in [-0.2, 0) is 6.54 Å². The van der Waals surface area contributed by atoms with Gasteiger partial charge >= 0.3 is 0 Å². The number of rotatable bonds is 3. The first-order valence-electron chi connectivity index (χ1n) is 7.80. The molecular formula is C16H19N5OS. The molecule has 0 bridgehead atoms. The molecule has 120 valence electrons. The third kappa shape index (κ3) is 2.94. The van der Waals surface area contributed by atoms with Crippen LogP contribution in [-0.4, -0.2) is 46.2 Å². The van der Waals surface area contributed by atoms with Crippen LogP contribution in [0.15, 0.2) is 23.0 Å². The van der Waals surface area contributed by atoms with E-state index in [9.17, 15) is 0 Å². The number of fused-ring (bicyclic) bond motifs is 1. The van der Waals surface area contributed by atoms with Gasteiger partial charge in [0, 0.05) is 37.1 Å². The SMILES string of the molecule is Cc1cc(CN2CCN(c3ncnc4sc(C)cc34)CC2)on1. The summed E-state index contributed by atoms with van der Waals surface area (Å²) in [6.45, 7) is 8.82. The number of hydrogen-bond donors (Lipinski definition) is 0. The molecule has 0 aromatic carbocycles. The summed E-state index contributed by atoms with van der Waals surface area (Å²) in [6.07, 6.45) is 1.68. The smallest absolute Gasteiger partial charge is 0.150 e. The summed E-state index contributed by atoms with van der Waals surface area (Å²) < 4.78 is 5.31. The van der Waals surface area contributed by atoms with E-state index in [1.165, 1.54) is 10.3 Å². The zero-order valence-electron chi connectivity index (χ0n) is 13.3. The second-order valence-corrected chi connectivity index (χ2v) is 7.21. The van der Waals surface area contributed by atoms with E-state index in [1.54, 1.807) is 17.7 Å². The van der Waals surface area contributed by atoms with Gasteiger partial charge in [0.05, 0.1) is 17.6 Å². The molecule has 3 aromatic heterocycles. The summed E-state index contributed by atoms with van der Waals surface area (Å²) >= 11 is 1.73. The molecule has 0 unspecified atom stereocenters. The van der Waals surface area contributed by atoms with Crippen LogP contribution in [0, 0.1) is 13.8 Å². The van der Waals surface area contributed by atoms with E-state index >= 15 is 0 Å². The number of nitrogens with zero attached hydrogens (tertiary/aromatic N) is 5. The van der Waals surface area contributed by atoms with Crippen LogP contribution < -0.4 is 4.90 Å². The fourth-order valence-corrected chi connectivity index (χ4v) is 3.89. The molecule has 0 aliphatic carbocycles. The second-order valence-electron chi connectivity index (χ2n) is 5.97. The summed E-state index contributed by atoms with van der Waals surface area (Å²) in [7, 11) is 0. The molecule has 3 aromatic rings. The average molecular weight is 329 g/mol. The lowest BCUT2D eigenvalue weighted by molar-refractivity contribution is 0.219. The molecule has 4 heterocycles. The number of aromatic nitrogens is 3. The first-order valence-corrected chi connectivity index (χ1v) is 8.61.